The van der Waals surface area contributed by atoms with E-state index in [-0.39, 0.29) is 11.5 Å². The Kier molecular flexibility index (Phi) is 4.30. The third kappa shape index (κ3) is 3.26. The first-order valence-corrected chi connectivity index (χ1v) is 11.0. The fourth-order valence-electron chi connectivity index (χ4n) is 3.84. The maximum Gasteiger partial charge on any atom is 0.169 e. The fourth-order valence-corrected chi connectivity index (χ4v) is 4.77. The summed E-state index contributed by atoms with van der Waals surface area (Å²) in [6, 6.07) is 13.3. The average molecular weight is 452 g/mol. The Morgan fingerprint density at radius 2 is 1.97 bits per heavy atom. The van der Waals surface area contributed by atoms with Crippen LogP contribution in [0.3, 0.4) is 0 Å². The highest BCUT2D eigenvalue weighted by atomic mass is 32.1. The molecule has 9 heteroatoms. The van der Waals surface area contributed by atoms with Crippen LogP contribution in [-0.4, -0.2) is 41.0 Å². The van der Waals surface area contributed by atoms with Crippen molar-refractivity contribution in [2.75, 3.05) is 0 Å². The molecule has 0 bridgehead atoms. The molecule has 0 spiro atoms. The van der Waals surface area contributed by atoms with Gasteiger partial charge >= 0.3 is 0 Å². The molecule has 0 atom stereocenters. The van der Waals surface area contributed by atoms with Gasteiger partial charge in [-0.05, 0) is 37.3 Å². The number of nitrogens with one attached hydrogen (secondary N) is 2. The number of aromatic nitrogens is 6. The summed E-state index contributed by atoms with van der Waals surface area (Å²) in [6.45, 7) is 1.57. The Labute approximate surface area is 191 Å². The lowest BCUT2D eigenvalue weighted by Crippen LogP contribution is -1.86. The molecule has 0 radical (unpaired) electrons. The standard InChI is InChI=1S/C24H16N6O2S/c1-12(31)20-5-6-21(33-20)15-3-2-4-17-22(15)28-24(27-17)23-16-8-18(26-11-19(16)29-30-23)13-7-14(32)10-25-9-13/h2-11,32H,1H3,(H,27,28)(H,29,30). The van der Waals surface area contributed by atoms with Crippen molar-refractivity contribution in [2.24, 2.45) is 0 Å². The lowest BCUT2D eigenvalue weighted by Gasteiger charge is -2.01. The number of benzene rings is 1. The Morgan fingerprint density at radius 3 is 2.79 bits per heavy atom. The van der Waals surface area contributed by atoms with Crippen molar-refractivity contribution in [3.8, 4) is 39.0 Å². The van der Waals surface area contributed by atoms with Crippen molar-refractivity contribution in [1.82, 2.24) is 30.1 Å². The first-order valence-electron chi connectivity index (χ1n) is 10.2. The highest BCUT2D eigenvalue weighted by Gasteiger charge is 2.17. The number of aromatic hydroxyl groups is 1. The topological polar surface area (TPSA) is 120 Å². The molecule has 0 unspecified atom stereocenters. The Balaban J connectivity index is 1.48. The van der Waals surface area contributed by atoms with E-state index in [0.717, 1.165) is 37.3 Å². The van der Waals surface area contributed by atoms with Gasteiger partial charge in [-0.1, -0.05) is 12.1 Å². The van der Waals surface area contributed by atoms with Crippen LogP contribution in [0.1, 0.15) is 16.6 Å². The number of ketones is 1. The number of hydrogen-bond acceptors (Lipinski definition) is 7. The van der Waals surface area contributed by atoms with Crippen LogP contribution in [0.5, 0.6) is 5.75 Å². The van der Waals surface area contributed by atoms with Crippen LogP contribution in [0.15, 0.2) is 61.1 Å². The Morgan fingerprint density at radius 1 is 1.06 bits per heavy atom. The third-order valence-electron chi connectivity index (χ3n) is 5.42. The van der Waals surface area contributed by atoms with E-state index in [1.54, 1.807) is 25.4 Å². The van der Waals surface area contributed by atoms with E-state index in [4.69, 9.17) is 4.98 Å². The molecule has 0 aliphatic heterocycles. The summed E-state index contributed by atoms with van der Waals surface area (Å²) in [7, 11) is 0. The van der Waals surface area contributed by atoms with Gasteiger partial charge in [0.15, 0.2) is 11.6 Å². The van der Waals surface area contributed by atoms with Crippen LogP contribution < -0.4 is 0 Å². The molecule has 0 aliphatic rings. The number of imidazole rings is 1. The first-order chi connectivity index (χ1) is 16.1. The molecule has 0 amide bonds. The lowest BCUT2D eigenvalue weighted by atomic mass is 10.1. The number of Topliss-reactive ketones (excluding diaryl/α,β-unsaturated/α-hetero) is 1. The van der Waals surface area contributed by atoms with E-state index in [0.29, 0.717) is 22.8 Å². The molecule has 0 fully saturated rings. The minimum absolute atomic E-state index is 0.0514. The van der Waals surface area contributed by atoms with E-state index in [2.05, 4.69) is 25.1 Å². The van der Waals surface area contributed by atoms with Gasteiger partial charge in [-0.2, -0.15) is 5.10 Å². The zero-order valence-corrected chi connectivity index (χ0v) is 18.1. The van der Waals surface area contributed by atoms with Crippen LogP contribution in [-0.2, 0) is 0 Å². The predicted molar refractivity (Wildman–Crippen MR) is 127 cm³/mol. The van der Waals surface area contributed by atoms with E-state index in [9.17, 15) is 9.90 Å². The van der Waals surface area contributed by atoms with Crippen LogP contribution in [0.25, 0.3) is 55.2 Å². The molecule has 1 aromatic carbocycles. The number of fused-ring (bicyclic) bond motifs is 2. The number of nitrogens with zero attached hydrogens (tertiary/aromatic N) is 4. The molecule has 0 saturated heterocycles. The summed E-state index contributed by atoms with van der Waals surface area (Å²) in [4.78, 5) is 30.2. The molecule has 0 aliphatic carbocycles. The number of carbonyl (C=O) groups is 1. The number of aromatic amines is 2. The van der Waals surface area contributed by atoms with Crippen molar-refractivity contribution in [1.29, 1.82) is 0 Å². The molecule has 33 heavy (non-hydrogen) atoms. The number of hydrogen-bond donors (Lipinski definition) is 3. The molecule has 160 valence electrons. The minimum Gasteiger partial charge on any atom is -0.506 e. The summed E-state index contributed by atoms with van der Waals surface area (Å²) >= 11 is 1.46. The quantitative estimate of drug-likeness (QED) is 0.316. The monoisotopic (exact) mass is 452 g/mol. The van der Waals surface area contributed by atoms with Crippen molar-refractivity contribution in [3.63, 3.8) is 0 Å². The van der Waals surface area contributed by atoms with Gasteiger partial charge in [0.1, 0.15) is 11.4 Å². The van der Waals surface area contributed by atoms with Crippen molar-refractivity contribution in [2.45, 2.75) is 6.92 Å². The van der Waals surface area contributed by atoms with Gasteiger partial charge in [0.05, 0.1) is 39.5 Å². The molecule has 6 rings (SSSR count). The lowest BCUT2D eigenvalue weighted by molar-refractivity contribution is 0.102. The second-order valence-corrected chi connectivity index (χ2v) is 8.71. The van der Waals surface area contributed by atoms with Gasteiger partial charge in [0.25, 0.3) is 0 Å². The van der Waals surface area contributed by atoms with Crippen molar-refractivity contribution < 1.29 is 9.90 Å². The number of rotatable bonds is 4. The Bertz CT molecular complexity index is 1680. The Hall–Kier alpha value is -4.37. The number of pyridine rings is 2. The van der Waals surface area contributed by atoms with Crippen molar-refractivity contribution in [3.05, 3.63) is 65.9 Å². The normalized spacial score (nSPS) is 11.4. The maximum atomic E-state index is 11.7. The number of thiophene rings is 1. The first kappa shape index (κ1) is 19.3. The van der Waals surface area contributed by atoms with Gasteiger partial charge < -0.3 is 10.1 Å². The number of carbonyl (C=O) groups excluding carboxylic acids is 1. The van der Waals surface area contributed by atoms with Crippen LogP contribution >= 0.6 is 11.3 Å². The summed E-state index contributed by atoms with van der Waals surface area (Å²) in [5, 5.41) is 18.1. The molecule has 8 nitrogen and oxygen atoms in total. The fraction of sp³-hybridized carbons (Fsp3) is 0.0417. The smallest absolute Gasteiger partial charge is 0.169 e. The second kappa shape index (κ2) is 7.35. The van der Waals surface area contributed by atoms with Crippen molar-refractivity contribution >= 4 is 39.1 Å². The molecule has 3 N–H and O–H groups in total. The second-order valence-electron chi connectivity index (χ2n) is 7.63. The zero-order valence-electron chi connectivity index (χ0n) is 17.3. The maximum absolute atomic E-state index is 11.7. The molecular formula is C24H16N6O2S. The van der Waals surface area contributed by atoms with E-state index < -0.39 is 0 Å². The van der Waals surface area contributed by atoms with E-state index in [1.165, 1.54) is 17.5 Å². The van der Waals surface area contributed by atoms with Gasteiger partial charge in [-0.15, -0.1) is 11.3 Å². The largest absolute Gasteiger partial charge is 0.506 e. The van der Waals surface area contributed by atoms with E-state index >= 15 is 0 Å². The van der Waals surface area contributed by atoms with Gasteiger partial charge in [0.2, 0.25) is 0 Å². The molecule has 5 heterocycles. The number of para-hydroxylation sites is 1. The zero-order chi connectivity index (χ0) is 22.5. The minimum atomic E-state index is 0.0514. The van der Waals surface area contributed by atoms with Crippen LogP contribution in [0, 0.1) is 0 Å². The summed E-state index contributed by atoms with van der Waals surface area (Å²) in [5.74, 6) is 0.752. The summed E-state index contributed by atoms with van der Waals surface area (Å²) in [6.07, 6.45) is 4.73. The SMILES string of the molecule is CC(=O)c1ccc(-c2cccc3[nH]c(-c4n[nH]c5cnc(-c6cncc(O)c6)cc45)nc23)s1. The average Bonchev–Trinajstić information content (AvgIpc) is 3.55. The number of H-pyrrole nitrogens is 2. The highest BCUT2D eigenvalue weighted by Crippen LogP contribution is 2.35. The molecule has 5 aromatic heterocycles. The molecule has 0 saturated carbocycles. The molecule has 6 aromatic rings. The predicted octanol–water partition coefficient (Wildman–Crippen LogP) is 5.20. The summed E-state index contributed by atoms with van der Waals surface area (Å²) < 4.78 is 0. The van der Waals surface area contributed by atoms with Crippen LogP contribution in [0.2, 0.25) is 0 Å². The molecular weight excluding hydrogens is 436 g/mol. The van der Waals surface area contributed by atoms with Gasteiger partial charge in [-0.25, -0.2) is 4.98 Å². The van der Waals surface area contributed by atoms with Crippen LogP contribution in [0.4, 0.5) is 0 Å². The third-order valence-corrected chi connectivity index (χ3v) is 6.64. The van der Waals surface area contributed by atoms with E-state index in [1.807, 2.05) is 36.4 Å². The van der Waals surface area contributed by atoms with Gasteiger partial charge in [0, 0.05) is 27.6 Å². The van der Waals surface area contributed by atoms with Gasteiger partial charge in [-0.3, -0.25) is 19.9 Å². The summed E-state index contributed by atoms with van der Waals surface area (Å²) in [5.41, 5.74) is 5.46. The highest BCUT2D eigenvalue weighted by molar-refractivity contribution is 7.17.